The van der Waals surface area contributed by atoms with Crippen LogP contribution in [0.15, 0.2) is 18.3 Å². The summed E-state index contributed by atoms with van der Waals surface area (Å²) in [6.45, 7) is 10.3. The number of nitrogens with zero attached hydrogens (tertiary/aromatic N) is 2. The second-order valence-corrected chi connectivity index (χ2v) is 5.99. The first-order valence-electron chi connectivity index (χ1n) is 6.55. The third-order valence-electron chi connectivity index (χ3n) is 4.02. The van der Waals surface area contributed by atoms with Gasteiger partial charge in [-0.25, -0.2) is 0 Å². The van der Waals surface area contributed by atoms with Gasteiger partial charge in [0.05, 0.1) is 5.69 Å². The molecule has 0 radical (unpaired) electrons. The van der Waals surface area contributed by atoms with Crippen LogP contribution in [0.3, 0.4) is 0 Å². The van der Waals surface area contributed by atoms with Crippen LogP contribution in [-0.4, -0.2) is 36.1 Å². The SMILES string of the molecule is CC(C)c1ccc(CN2CC3(CNC3)C2)nc1. The predicted molar refractivity (Wildman–Crippen MR) is 68.9 cm³/mol. The van der Waals surface area contributed by atoms with Gasteiger partial charge >= 0.3 is 0 Å². The number of likely N-dealkylation sites (tertiary alicyclic amines) is 1. The molecule has 0 aromatic carbocycles. The van der Waals surface area contributed by atoms with Crippen molar-refractivity contribution in [1.82, 2.24) is 15.2 Å². The first-order chi connectivity index (χ1) is 8.17. The van der Waals surface area contributed by atoms with E-state index in [0.717, 1.165) is 6.54 Å². The van der Waals surface area contributed by atoms with Crippen molar-refractivity contribution in [3.8, 4) is 0 Å². The molecule has 3 rings (SSSR count). The van der Waals surface area contributed by atoms with E-state index >= 15 is 0 Å². The predicted octanol–water partition coefficient (Wildman–Crippen LogP) is 1.61. The largest absolute Gasteiger partial charge is 0.315 e. The highest BCUT2D eigenvalue weighted by Crippen LogP contribution is 2.34. The van der Waals surface area contributed by atoms with Crippen molar-refractivity contribution < 1.29 is 0 Å². The summed E-state index contributed by atoms with van der Waals surface area (Å²) in [7, 11) is 0. The highest BCUT2D eigenvalue weighted by Gasteiger charge is 2.47. The van der Waals surface area contributed by atoms with Gasteiger partial charge in [-0.3, -0.25) is 9.88 Å². The molecule has 2 aliphatic rings. The van der Waals surface area contributed by atoms with Gasteiger partial charge in [0.1, 0.15) is 0 Å². The van der Waals surface area contributed by atoms with Gasteiger partial charge in [0.15, 0.2) is 0 Å². The number of hydrogen-bond acceptors (Lipinski definition) is 3. The Labute approximate surface area is 103 Å². The van der Waals surface area contributed by atoms with E-state index < -0.39 is 0 Å². The fourth-order valence-electron chi connectivity index (χ4n) is 2.82. The summed E-state index contributed by atoms with van der Waals surface area (Å²) < 4.78 is 0. The molecule has 0 amide bonds. The molecule has 0 bridgehead atoms. The molecule has 3 heterocycles. The molecule has 92 valence electrons. The molecular weight excluding hydrogens is 210 g/mol. The van der Waals surface area contributed by atoms with Gasteiger partial charge in [-0.05, 0) is 17.5 Å². The van der Waals surface area contributed by atoms with Gasteiger partial charge in [0.2, 0.25) is 0 Å². The minimum absolute atomic E-state index is 0.574. The first kappa shape index (κ1) is 11.2. The quantitative estimate of drug-likeness (QED) is 0.856. The molecule has 1 aromatic heterocycles. The summed E-state index contributed by atoms with van der Waals surface area (Å²) in [6.07, 6.45) is 2.03. The van der Waals surface area contributed by atoms with Crippen LogP contribution in [0.2, 0.25) is 0 Å². The average Bonchev–Trinajstić information content (AvgIpc) is 2.20. The molecule has 0 aliphatic carbocycles. The third-order valence-corrected chi connectivity index (χ3v) is 4.02. The van der Waals surface area contributed by atoms with E-state index in [1.807, 2.05) is 6.20 Å². The van der Waals surface area contributed by atoms with Crippen molar-refractivity contribution in [1.29, 1.82) is 0 Å². The summed E-state index contributed by atoms with van der Waals surface area (Å²) in [6, 6.07) is 4.40. The number of hydrogen-bond donors (Lipinski definition) is 1. The van der Waals surface area contributed by atoms with Gasteiger partial charge in [-0.15, -0.1) is 0 Å². The summed E-state index contributed by atoms with van der Waals surface area (Å²) in [5, 5.41) is 3.37. The second kappa shape index (κ2) is 4.07. The maximum atomic E-state index is 4.56. The topological polar surface area (TPSA) is 28.2 Å². The molecule has 17 heavy (non-hydrogen) atoms. The molecule has 3 heteroatoms. The maximum Gasteiger partial charge on any atom is 0.0544 e. The second-order valence-electron chi connectivity index (χ2n) is 5.99. The van der Waals surface area contributed by atoms with Crippen LogP contribution in [0.25, 0.3) is 0 Å². The van der Waals surface area contributed by atoms with Crippen LogP contribution in [0.1, 0.15) is 31.0 Å². The summed E-state index contributed by atoms with van der Waals surface area (Å²) in [5.74, 6) is 0.574. The van der Waals surface area contributed by atoms with E-state index in [1.165, 1.54) is 37.4 Å². The lowest BCUT2D eigenvalue weighted by molar-refractivity contribution is -0.0450. The van der Waals surface area contributed by atoms with Crippen LogP contribution in [-0.2, 0) is 6.54 Å². The van der Waals surface area contributed by atoms with Gasteiger partial charge in [0.25, 0.3) is 0 Å². The number of aromatic nitrogens is 1. The van der Waals surface area contributed by atoms with Crippen molar-refractivity contribution in [2.24, 2.45) is 5.41 Å². The van der Waals surface area contributed by atoms with Gasteiger partial charge < -0.3 is 5.32 Å². The molecule has 0 atom stereocenters. The number of rotatable bonds is 3. The molecule has 1 aromatic rings. The van der Waals surface area contributed by atoms with E-state index in [-0.39, 0.29) is 0 Å². The Bertz CT molecular complexity index is 384. The van der Waals surface area contributed by atoms with E-state index in [9.17, 15) is 0 Å². The zero-order valence-corrected chi connectivity index (χ0v) is 10.7. The Morgan fingerprint density at radius 3 is 2.59 bits per heavy atom. The molecule has 2 aliphatic heterocycles. The van der Waals surface area contributed by atoms with Gasteiger partial charge in [-0.1, -0.05) is 19.9 Å². The molecule has 1 spiro atoms. The first-order valence-corrected chi connectivity index (χ1v) is 6.55. The van der Waals surface area contributed by atoms with Crippen LogP contribution in [0.5, 0.6) is 0 Å². The van der Waals surface area contributed by atoms with E-state index in [0.29, 0.717) is 11.3 Å². The van der Waals surface area contributed by atoms with Crippen LogP contribution < -0.4 is 5.32 Å². The Kier molecular flexibility index (Phi) is 2.68. The van der Waals surface area contributed by atoms with Crippen LogP contribution in [0.4, 0.5) is 0 Å². The molecular formula is C14H21N3. The lowest BCUT2D eigenvalue weighted by Gasteiger charge is -2.56. The van der Waals surface area contributed by atoms with Crippen molar-refractivity contribution in [3.05, 3.63) is 29.6 Å². The highest BCUT2D eigenvalue weighted by molar-refractivity contribution is 5.17. The molecule has 1 N–H and O–H groups in total. The average molecular weight is 231 g/mol. The van der Waals surface area contributed by atoms with Crippen molar-refractivity contribution in [2.45, 2.75) is 26.3 Å². The van der Waals surface area contributed by atoms with Gasteiger partial charge in [0, 0.05) is 44.3 Å². The lowest BCUT2D eigenvalue weighted by atomic mass is 9.74. The number of nitrogens with one attached hydrogen (secondary N) is 1. The zero-order chi connectivity index (χ0) is 11.9. The minimum Gasteiger partial charge on any atom is -0.315 e. The van der Waals surface area contributed by atoms with E-state index in [2.05, 4.69) is 41.2 Å². The monoisotopic (exact) mass is 231 g/mol. The summed E-state index contributed by atoms with van der Waals surface area (Å²) in [5.41, 5.74) is 3.16. The van der Waals surface area contributed by atoms with E-state index in [1.54, 1.807) is 0 Å². The highest BCUT2D eigenvalue weighted by atomic mass is 15.3. The van der Waals surface area contributed by atoms with Crippen LogP contribution in [0, 0.1) is 5.41 Å². The third kappa shape index (κ3) is 2.09. The fourth-order valence-corrected chi connectivity index (χ4v) is 2.82. The normalized spacial score (nSPS) is 22.5. The molecule has 2 fully saturated rings. The van der Waals surface area contributed by atoms with Crippen molar-refractivity contribution in [3.63, 3.8) is 0 Å². The molecule has 2 saturated heterocycles. The Hall–Kier alpha value is -0.930. The van der Waals surface area contributed by atoms with E-state index in [4.69, 9.17) is 0 Å². The fraction of sp³-hybridized carbons (Fsp3) is 0.643. The maximum absolute atomic E-state index is 4.56. The molecule has 0 unspecified atom stereocenters. The smallest absolute Gasteiger partial charge is 0.0544 e. The van der Waals surface area contributed by atoms with Crippen molar-refractivity contribution >= 4 is 0 Å². The Morgan fingerprint density at radius 1 is 1.35 bits per heavy atom. The Morgan fingerprint density at radius 2 is 2.12 bits per heavy atom. The summed E-state index contributed by atoms with van der Waals surface area (Å²) >= 11 is 0. The number of pyridine rings is 1. The van der Waals surface area contributed by atoms with Crippen LogP contribution >= 0.6 is 0 Å². The lowest BCUT2D eigenvalue weighted by Crippen LogP contribution is -2.70. The minimum atomic E-state index is 0.574. The molecule has 3 nitrogen and oxygen atoms in total. The Balaban J connectivity index is 1.55. The zero-order valence-electron chi connectivity index (χ0n) is 10.7. The van der Waals surface area contributed by atoms with Gasteiger partial charge in [-0.2, -0.15) is 0 Å². The van der Waals surface area contributed by atoms with Crippen molar-refractivity contribution in [2.75, 3.05) is 26.2 Å². The molecule has 0 saturated carbocycles. The standard InChI is InChI=1S/C14H21N3/c1-11(2)12-3-4-13(16-5-12)6-17-9-14(10-17)7-15-8-14/h3-5,11,15H,6-10H2,1-2H3. The summed E-state index contributed by atoms with van der Waals surface area (Å²) in [4.78, 5) is 7.05.